The van der Waals surface area contributed by atoms with Crippen molar-refractivity contribution in [2.75, 3.05) is 5.73 Å². The normalized spacial score (nSPS) is 10.7. The molecule has 0 unspecified atom stereocenters. The molecule has 0 aromatic heterocycles. The van der Waals surface area contributed by atoms with Crippen molar-refractivity contribution in [2.24, 2.45) is 0 Å². The zero-order valence-corrected chi connectivity index (χ0v) is 13.6. The predicted molar refractivity (Wildman–Crippen MR) is 90.3 cm³/mol. The van der Waals surface area contributed by atoms with E-state index in [-0.39, 0.29) is 0 Å². The van der Waals surface area contributed by atoms with E-state index in [1.165, 1.54) is 5.39 Å². The second-order valence-electron chi connectivity index (χ2n) is 4.39. The molecule has 0 amide bonds. The van der Waals surface area contributed by atoms with Gasteiger partial charge in [-0.25, -0.2) is 0 Å². The largest absolute Gasteiger partial charge is 0.455 e. The molecule has 0 radical (unpaired) electrons. The van der Waals surface area contributed by atoms with Gasteiger partial charge in [-0.05, 0) is 66.9 Å². The van der Waals surface area contributed by atoms with Gasteiger partial charge in [0.1, 0.15) is 11.5 Å². The van der Waals surface area contributed by atoms with Gasteiger partial charge in [0, 0.05) is 5.69 Å². The average Bonchev–Trinajstić information content (AvgIpc) is 2.45. The minimum absolute atomic E-state index is 0.696. The topological polar surface area (TPSA) is 35.2 Å². The first-order valence-electron chi connectivity index (χ1n) is 6.05. The fraction of sp³-hybridized carbons (Fsp3) is 0. The van der Waals surface area contributed by atoms with Crippen LogP contribution in [0.25, 0.3) is 10.8 Å². The molecule has 3 aromatic rings. The maximum atomic E-state index is 5.95. The molecule has 0 heterocycles. The van der Waals surface area contributed by atoms with Crippen LogP contribution in [0.1, 0.15) is 0 Å². The number of benzene rings is 3. The molecule has 0 aliphatic carbocycles. The molecule has 2 nitrogen and oxygen atoms in total. The molecule has 0 spiro atoms. The average molecular weight is 393 g/mol. The number of hydrogen-bond acceptors (Lipinski definition) is 2. The van der Waals surface area contributed by atoms with Gasteiger partial charge in [-0.3, -0.25) is 0 Å². The maximum absolute atomic E-state index is 5.95. The Hall–Kier alpha value is -1.52. The van der Waals surface area contributed by atoms with E-state index in [2.05, 4.69) is 44.0 Å². The monoisotopic (exact) mass is 391 g/mol. The van der Waals surface area contributed by atoms with Crippen LogP contribution in [0.15, 0.2) is 63.5 Å². The standard InChI is InChI=1S/C16H11Br2NO/c17-13-9-11(19)6-8-14(13)20-15-7-5-10-3-1-2-4-12(10)16(15)18/h1-9H,19H2. The molecule has 0 aliphatic rings. The third-order valence-corrected chi connectivity index (χ3v) is 4.44. The summed E-state index contributed by atoms with van der Waals surface area (Å²) >= 11 is 7.07. The Labute approximate surface area is 133 Å². The number of ether oxygens (including phenoxy) is 1. The first-order valence-corrected chi connectivity index (χ1v) is 7.64. The van der Waals surface area contributed by atoms with Crippen LogP contribution in [0.5, 0.6) is 11.5 Å². The van der Waals surface area contributed by atoms with Crippen molar-refractivity contribution in [1.82, 2.24) is 0 Å². The summed E-state index contributed by atoms with van der Waals surface area (Å²) in [4.78, 5) is 0. The van der Waals surface area contributed by atoms with E-state index in [1.54, 1.807) is 0 Å². The Morgan fingerprint density at radius 1 is 0.850 bits per heavy atom. The lowest BCUT2D eigenvalue weighted by molar-refractivity contribution is 0.477. The van der Waals surface area contributed by atoms with E-state index < -0.39 is 0 Å². The van der Waals surface area contributed by atoms with E-state index in [1.807, 2.05) is 42.5 Å². The van der Waals surface area contributed by atoms with Gasteiger partial charge in [0.05, 0.1) is 8.95 Å². The van der Waals surface area contributed by atoms with Gasteiger partial charge in [0.15, 0.2) is 0 Å². The molecule has 3 rings (SSSR count). The van der Waals surface area contributed by atoms with Crippen LogP contribution in [0.4, 0.5) is 5.69 Å². The van der Waals surface area contributed by atoms with Crippen molar-refractivity contribution in [3.05, 3.63) is 63.5 Å². The molecule has 20 heavy (non-hydrogen) atoms. The molecular weight excluding hydrogens is 382 g/mol. The fourth-order valence-corrected chi connectivity index (χ4v) is 3.06. The van der Waals surface area contributed by atoms with E-state index in [0.29, 0.717) is 5.69 Å². The van der Waals surface area contributed by atoms with E-state index >= 15 is 0 Å². The smallest absolute Gasteiger partial charge is 0.142 e. The highest BCUT2D eigenvalue weighted by Gasteiger charge is 2.09. The van der Waals surface area contributed by atoms with Crippen molar-refractivity contribution in [1.29, 1.82) is 0 Å². The molecule has 0 bridgehead atoms. The highest BCUT2D eigenvalue weighted by molar-refractivity contribution is 9.11. The third-order valence-electron chi connectivity index (χ3n) is 3.00. The van der Waals surface area contributed by atoms with Crippen LogP contribution >= 0.6 is 31.9 Å². The van der Waals surface area contributed by atoms with Crippen LogP contribution in [-0.2, 0) is 0 Å². The maximum Gasteiger partial charge on any atom is 0.142 e. The van der Waals surface area contributed by atoms with Gasteiger partial charge < -0.3 is 10.5 Å². The third kappa shape index (κ3) is 2.53. The summed E-state index contributed by atoms with van der Waals surface area (Å²) in [6, 6.07) is 17.6. The molecule has 0 saturated carbocycles. The Bertz CT molecular complexity index is 787. The van der Waals surface area contributed by atoms with Gasteiger partial charge in [-0.1, -0.05) is 30.3 Å². The van der Waals surface area contributed by atoms with E-state index in [4.69, 9.17) is 10.5 Å². The van der Waals surface area contributed by atoms with Crippen molar-refractivity contribution < 1.29 is 4.74 Å². The highest BCUT2D eigenvalue weighted by atomic mass is 79.9. The molecule has 3 aromatic carbocycles. The summed E-state index contributed by atoms with van der Waals surface area (Å²) < 4.78 is 7.73. The number of halogens is 2. The second-order valence-corrected chi connectivity index (χ2v) is 6.04. The number of rotatable bonds is 2. The molecule has 100 valence electrons. The Morgan fingerprint density at radius 3 is 2.40 bits per heavy atom. The van der Waals surface area contributed by atoms with Crippen LogP contribution in [-0.4, -0.2) is 0 Å². The minimum atomic E-state index is 0.696. The van der Waals surface area contributed by atoms with Crippen LogP contribution < -0.4 is 10.5 Å². The summed E-state index contributed by atoms with van der Waals surface area (Å²) in [6.07, 6.45) is 0. The van der Waals surface area contributed by atoms with Crippen LogP contribution in [0.3, 0.4) is 0 Å². The van der Waals surface area contributed by atoms with Crippen molar-refractivity contribution in [3.8, 4) is 11.5 Å². The Morgan fingerprint density at radius 2 is 1.60 bits per heavy atom. The summed E-state index contributed by atoms with van der Waals surface area (Å²) in [5.74, 6) is 1.50. The Balaban J connectivity index is 2.04. The highest BCUT2D eigenvalue weighted by Crippen LogP contribution is 2.38. The van der Waals surface area contributed by atoms with Gasteiger partial charge in [0.2, 0.25) is 0 Å². The lowest BCUT2D eigenvalue weighted by atomic mass is 10.1. The first-order chi connectivity index (χ1) is 9.65. The number of nitrogens with two attached hydrogens (primary N) is 1. The zero-order chi connectivity index (χ0) is 14.1. The van der Waals surface area contributed by atoms with E-state index in [0.717, 1.165) is 25.8 Å². The minimum Gasteiger partial charge on any atom is -0.455 e. The van der Waals surface area contributed by atoms with Gasteiger partial charge in [-0.15, -0.1) is 0 Å². The lowest BCUT2D eigenvalue weighted by Gasteiger charge is -2.11. The Kier molecular flexibility index (Phi) is 3.68. The number of anilines is 1. The van der Waals surface area contributed by atoms with Gasteiger partial charge >= 0.3 is 0 Å². The van der Waals surface area contributed by atoms with Crippen molar-refractivity contribution in [3.63, 3.8) is 0 Å². The number of hydrogen-bond donors (Lipinski definition) is 1. The van der Waals surface area contributed by atoms with E-state index in [9.17, 15) is 0 Å². The van der Waals surface area contributed by atoms with Crippen molar-refractivity contribution >= 4 is 48.3 Å². The lowest BCUT2D eigenvalue weighted by Crippen LogP contribution is -1.90. The summed E-state index contributed by atoms with van der Waals surface area (Å²) in [5, 5.41) is 2.29. The number of nitrogen functional groups attached to an aromatic ring is 1. The zero-order valence-electron chi connectivity index (χ0n) is 10.4. The predicted octanol–water partition coefficient (Wildman–Crippen LogP) is 5.74. The van der Waals surface area contributed by atoms with Gasteiger partial charge in [0.25, 0.3) is 0 Å². The SMILES string of the molecule is Nc1ccc(Oc2ccc3ccccc3c2Br)c(Br)c1. The second kappa shape index (κ2) is 5.46. The molecule has 0 aliphatic heterocycles. The molecule has 4 heteroatoms. The summed E-state index contributed by atoms with van der Waals surface area (Å²) in [5.41, 5.74) is 6.43. The number of fused-ring (bicyclic) bond motifs is 1. The molecule has 0 saturated heterocycles. The quantitative estimate of drug-likeness (QED) is 0.564. The van der Waals surface area contributed by atoms with Crippen molar-refractivity contribution in [2.45, 2.75) is 0 Å². The first kappa shape index (κ1) is 13.5. The van der Waals surface area contributed by atoms with Crippen LogP contribution in [0.2, 0.25) is 0 Å². The molecular formula is C16H11Br2NO. The molecule has 0 fully saturated rings. The summed E-state index contributed by atoms with van der Waals surface area (Å²) in [6.45, 7) is 0. The summed E-state index contributed by atoms with van der Waals surface area (Å²) in [7, 11) is 0. The van der Waals surface area contributed by atoms with Gasteiger partial charge in [-0.2, -0.15) is 0 Å². The molecule has 2 N–H and O–H groups in total. The van der Waals surface area contributed by atoms with Crippen LogP contribution in [0, 0.1) is 0 Å². The fourth-order valence-electron chi connectivity index (χ4n) is 2.01. The molecule has 0 atom stereocenters.